The van der Waals surface area contributed by atoms with Crippen molar-refractivity contribution < 1.29 is 4.79 Å². The van der Waals surface area contributed by atoms with E-state index in [9.17, 15) is 4.79 Å². The van der Waals surface area contributed by atoms with Crippen molar-refractivity contribution in [2.75, 3.05) is 56.5 Å². The fourth-order valence-corrected chi connectivity index (χ4v) is 5.06. The van der Waals surface area contributed by atoms with Crippen molar-refractivity contribution >= 4 is 28.3 Å². The molecule has 1 N–H and O–H groups in total. The molecule has 0 radical (unpaired) electrons. The zero-order valence-corrected chi connectivity index (χ0v) is 20.2. The number of aromatic nitrogens is 2. The molecule has 2 fully saturated rings. The first kappa shape index (κ1) is 22.6. The topological polar surface area (TPSA) is 64.6 Å². The van der Waals surface area contributed by atoms with Crippen molar-refractivity contribution in [3.63, 3.8) is 0 Å². The molecule has 0 spiro atoms. The number of carbonyl (C=O) groups is 1. The number of hydrogen-bond acceptors (Lipinski definition) is 6. The van der Waals surface area contributed by atoms with Crippen molar-refractivity contribution in [1.82, 2.24) is 19.8 Å². The SMILES string of the molecule is CCC(=O)N1CCCC1CNc1nc(-c2ccc(N3CCN(C)CC3)cc2)cc2ncccc12. The average Bonchev–Trinajstić information content (AvgIpc) is 3.36. The van der Waals surface area contributed by atoms with Gasteiger partial charge in [-0.15, -0.1) is 0 Å². The maximum atomic E-state index is 12.3. The van der Waals surface area contributed by atoms with Gasteiger partial charge >= 0.3 is 0 Å². The Bertz CT molecular complexity index is 1140. The van der Waals surface area contributed by atoms with Crippen LogP contribution in [0.5, 0.6) is 0 Å². The molecule has 0 aliphatic carbocycles. The molecule has 2 aliphatic rings. The minimum atomic E-state index is 0.215. The van der Waals surface area contributed by atoms with E-state index in [0.717, 1.165) is 73.5 Å². The number of likely N-dealkylation sites (N-methyl/N-ethyl adjacent to an activating group) is 1. The van der Waals surface area contributed by atoms with E-state index in [2.05, 4.69) is 63.5 Å². The monoisotopic (exact) mass is 458 g/mol. The van der Waals surface area contributed by atoms with Crippen LogP contribution in [0.1, 0.15) is 26.2 Å². The van der Waals surface area contributed by atoms with Crippen LogP contribution in [0.4, 0.5) is 11.5 Å². The number of amides is 1. The van der Waals surface area contributed by atoms with Crippen LogP contribution in [0.2, 0.25) is 0 Å². The van der Waals surface area contributed by atoms with Crippen LogP contribution in [0, 0.1) is 0 Å². The number of piperazine rings is 1. The number of nitrogens with zero attached hydrogens (tertiary/aromatic N) is 5. The molecule has 178 valence electrons. The normalized spacial score (nSPS) is 19.1. The largest absolute Gasteiger partial charge is 0.369 e. The van der Waals surface area contributed by atoms with E-state index in [1.807, 2.05) is 24.1 Å². The van der Waals surface area contributed by atoms with E-state index in [0.29, 0.717) is 13.0 Å². The maximum Gasteiger partial charge on any atom is 0.222 e. The summed E-state index contributed by atoms with van der Waals surface area (Å²) < 4.78 is 0. The summed E-state index contributed by atoms with van der Waals surface area (Å²) in [4.78, 5) is 28.7. The second kappa shape index (κ2) is 9.97. The lowest BCUT2D eigenvalue weighted by Gasteiger charge is -2.34. The molecule has 1 unspecified atom stereocenters. The summed E-state index contributed by atoms with van der Waals surface area (Å²) >= 11 is 0. The van der Waals surface area contributed by atoms with Gasteiger partial charge in [-0.05, 0) is 50.2 Å². The first-order valence-corrected chi connectivity index (χ1v) is 12.5. The Morgan fingerprint density at radius 1 is 1.09 bits per heavy atom. The number of pyridine rings is 2. The third kappa shape index (κ3) is 4.71. The molecule has 0 saturated carbocycles. The smallest absolute Gasteiger partial charge is 0.222 e. The lowest BCUT2D eigenvalue weighted by Crippen LogP contribution is -2.44. The van der Waals surface area contributed by atoms with Gasteiger partial charge in [0.15, 0.2) is 0 Å². The Morgan fingerprint density at radius 3 is 2.65 bits per heavy atom. The van der Waals surface area contributed by atoms with Crippen molar-refractivity contribution in [3.8, 4) is 11.3 Å². The summed E-state index contributed by atoms with van der Waals surface area (Å²) in [6.45, 7) is 7.79. The molecule has 2 aliphatic heterocycles. The summed E-state index contributed by atoms with van der Waals surface area (Å²) in [5, 5.41) is 4.56. The fraction of sp³-hybridized carbons (Fsp3) is 0.444. The molecule has 5 rings (SSSR count). The fourth-order valence-electron chi connectivity index (χ4n) is 5.06. The van der Waals surface area contributed by atoms with E-state index in [-0.39, 0.29) is 11.9 Å². The van der Waals surface area contributed by atoms with Crippen molar-refractivity contribution in [2.45, 2.75) is 32.2 Å². The number of hydrogen-bond donors (Lipinski definition) is 1. The van der Waals surface area contributed by atoms with Crippen LogP contribution in [0.25, 0.3) is 22.2 Å². The Balaban J connectivity index is 1.38. The zero-order valence-electron chi connectivity index (χ0n) is 20.2. The highest BCUT2D eigenvalue weighted by Gasteiger charge is 2.27. The predicted octanol–water partition coefficient (Wildman–Crippen LogP) is 3.86. The Hall–Kier alpha value is -3.19. The average molecular weight is 459 g/mol. The number of anilines is 2. The van der Waals surface area contributed by atoms with Gasteiger partial charge < -0.3 is 20.0 Å². The second-order valence-electron chi connectivity index (χ2n) is 9.38. The number of rotatable bonds is 6. The van der Waals surface area contributed by atoms with E-state index in [1.54, 1.807) is 0 Å². The Kier molecular flexibility index (Phi) is 6.63. The van der Waals surface area contributed by atoms with E-state index < -0.39 is 0 Å². The lowest BCUT2D eigenvalue weighted by molar-refractivity contribution is -0.131. The summed E-state index contributed by atoms with van der Waals surface area (Å²) in [7, 11) is 2.18. The van der Waals surface area contributed by atoms with Crippen LogP contribution in [0.3, 0.4) is 0 Å². The molecule has 1 atom stereocenters. The number of carbonyl (C=O) groups excluding carboxylic acids is 1. The first-order valence-electron chi connectivity index (χ1n) is 12.5. The first-order chi connectivity index (χ1) is 16.6. The Morgan fingerprint density at radius 2 is 1.88 bits per heavy atom. The van der Waals surface area contributed by atoms with Gasteiger partial charge in [0.05, 0.1) is 11.2 Å². The summed E-state index contributed by atoms with van der Waals surface area (Å²) in [5.74, 6) is 1.07. The molecule has 1 aromatic carbocycles. The number of fused-ring (bicyclic) bond motifs is 1. The third-order valence-electron chi connectivity index (χ3n) is 7.14. The third-order valence-corrected chi connectivity index (χ3v) is 7.14. The zero-order chi connectivity index (χ0) is 23.5. The molecule has 0 bridgehead atoms. The van der Waals surface area contributed by atoms with Crippen molar-refractivity contribution in [2.24, 2.45) is 0 Å². The van der Waals surface area contributed by atoms with Crippen LogP contribution < -0.4 is 10.2 Å². The van der Waals surface area contributed by atoms with Crippen molar-refractivity contribution in [3.05, 3.63) is 48.7 Å². The molecule has 7 nitrogen and oxygen atoms in total. The number of benzene rings is 1. The number of nitrogens with one attached hydrogen (secondary N) is 1. The maximum absolute atomic E-state index is 12.3. The molecule has 3 aromatic rings. The summed E-state index contributed by atoms with van der Waals surface area (Å²) in [5.41, 5.74) is 4.17. The van der Waals surface area contributed by atoms with E-state index >= 15 is 0 Å². The number of likely N-dealkylation sites (tertiary alicyclic amines) is 1. The van der Waals surface area contributed by atoms with Crippen LogP contribution in [-0.2, 0) is 4.79 Å². The lowest BCUT2D eigenvalue weighted by atomic mass is 10.1. The van der Waals surface area contributed by atoms with E-state index in [1.165, 1.54) is 5.69 Å². The highest BCUT2D eigenvalue weighted by Crippen LogP contribution is 2.29. The molecule has 34 heavy (non-hydrogen) atoms. The van der Waals surface area contributed by atoms with E-state index in [4.69, 9.17) is 4.98 Å². The predicted molar refractivity (Wildman–Crippen MR) is 138 cm³/mol. The van der Waals surface area contributed by atoms with Gasteiger partial charge in [-0.25, -0.2) is 4.98 Å². The van der Waals surface area contributed by atoms with Gasteiger partial charge in [-0.3, -0.25) is 9.78 Å². The standard InChI is InChI=1S/C27H34N6O/c1-3-26(34)33-13-5-6-22(33)19-29-27-23-7-4-12-28-25(23)18-24(30-27)20-8-10-21(11-9-20)32-16-14-31(2)15-17-32/h4,7-12,18,22H,3,5-6,13-17,19H2,1-2H3,(H,29,30). The highest BCUT2D eigenvalue weighted by molar-refractivity contribution is 5.92. The highest BCUT2D eigenvalue weighted by atomic mass is 16.2. The van der Waals surface area contributed by atoms with Crippen molar-refractivity contribution in [1.29, 1.82) is 0 Å². The van der Waals surface area contributed by atoms with Gasteiger partial charge in [0.2, 0.25) is 5.91 Å². The second-order valence-corrected chi connectivity index (χ2v) is 9.38. The van der Waals surface area contributed by atoms with Gasteiger partial charge in [0.25, 0.3) is 0 Å². The summed E-state index contributed by atoms with van der Waals surface area (Å²) in [6.07, 6.45) is 4.47. The van der Waals surface area contributed by atoms with Gasteiger partial charge in [0, 0.05) is 74.6 Å². The molecule has 4 heterocycles. The minimum absolute atomic E-state index is 0.215. The minimum Gasteiger partial charge on any atom is -0.369 e. The van der Waals surface area contributed by atoms with Gasteiger partial charge in [0.1, 0.15) is 5.82 Å². The quantitative estimate of drug-likeness (QED) is 0.605. The molecular formula is C27H34N6O. The van der Waals surface area contributed by atoms with Gasteiger partial charge in [-0.1, -0.05) is 19.1 Å². The molecular weight excluding hydrogens is 424 g/mol. The molecule has 1 amide bonds. The molecule has 7 heteroatoms. The Labute approximate surface area is 201 Å². The molecule has 2 saturated heterocycles. The van der Waals surface area contributed by atoms with Crippen LogP contribution in [0.15, 0.2) is 48.7 Å². The molecule has 2 aromatic heterocycles. The van der Waals surface area contributed by atoms with Crippen LogP contribution in [-0.4, -0.2) is 78.0 Å². The van der Waals surface area contributed by atoms with Crippen LogP contribution >= 0.6 is 0 Å². The summed E-state index contributed by atoms with van der Waals surface area (Å²) in [6, 6.07) is 15.0. The van der Waals surface area contributed by atoms with Gasteiger partial charge in [-0.2, -0.15) is 0 Å².